The molecule has 3 aromatic rings. The zero-order valence-electron chi connectivity index (χ0n) is 17.3. The van der Waals surface area contributed by atoms with Gasteiger partial charge in [-0.1, -0.05) is 24.3 Å². The summed E-state index contributed by atoms with van der Waals surface area (Å²) in [5, 5.41) is 12.5. The molecule has 31 heavy (non-hydrogen) atoms. The molecule has 2 heterocycles. The monoisotopic (exact) mass is 415 g/mol. The number of fused-ring (bicyclic) bond motifs is 1. The topological polar surface area (TPSA) is 73.7 Å². The Morgan fingerprint density at radius 1 is 0.839 bits per heavy atom. The third-order valence-electron chi connectivity index (χ3n) is 6.54. The van der Waals surface area contributed by atoms with Crippen molar-refractivity contribution in [2.24, 2.45) is 0 Å². The highest BCUT2D eigenvalue weighted by Gasteiger charge is 2.45. The Bertz CT molecular complexity index is 1130. The Hall–Kier alpha value is -3.25. The molecule has 1 saturated carbocycles. The van der Waals surface area contributed by atoms with Gasteiger partial charge in [0.2, 0.25) is 0 Å². The van der Waals surface area contributed by atoms with Gasteiger partial charge < -0.3 is 14.9 Å². The first kappa shape index (κ1) is 19.7. The molecule has 1 aromatic heterocycles. The summed E-state index contributed by atoms with van der Waals surface area (Å²) < 4.78 is 0. The number of aliphatic hydroxyl groups is 1. The molecule has 1 aliphatic heterocycles. The summed E-state index contributed by atoms with van der Waals surface area (Å²) in [7, 11) is 0. The second-order valence-corrected chi connectivity index (χ2v) is 8.48. The summed E-state index contributed by atoms with van der Waals surface area (Å²) in [6, 6.07) is 15.9. The predicted octanol–water partition coefficient (Wildman–Crippen LogP) is 3.10. The number of hydrogen-bond acceptors (Lipinski definition) is 4. The van der Waals surface area contributed by atoms with E-state index in [0.717, 1.165) is 28.3 Å². The molecular weight excluding hydrogens is 390 g/mol. The normalized spacial score (nSPS) is 18.0. The summed E-state index contributed by atoms with van der Waals surface area (Å²) in [6.45, 7) is 1.91. The minimum Gasteiger partial charge on any atom is -0.380 e. The third-order valence-corrected chi connectivity index (χ3v) is 6.54. The first-order chi connectivity index (χ1) is 15.0. The molecule has 1 aliphatic carbocycles. The predicted molar refractivity (Wildman–Crippen MR) is 118 cm³/mol. The van der Waals surface area contributed by atoms with E-state index in [4.69, 9.17) is 0 Å². The van der Waals surface area contributed by atoms with E-state index < -0.39 is 5.60 Å². The van der Waals surface area contributed by atoms with Gasteiger partial charge in [-0.2, -0.15) is 0 Å². The van der Waals surface area contributed by atoms with E-state index in [1.807, 2.05) is 36.5 Å². The molecule has 2 fully saturated rings. The van der Waals surface area contributed by atoms with Crippen LogP contribution in [0.2, 0.25) is 0 Å². The first-order valence-electron chi connectivity index (χ1n) is 10.8. The Balaban J connectivity index is 1.24. The summed E-state index contributed by atoms with van der Waals surface area (Å²) >= 11 is 0. The third kappa shape index (κ3) is 3.68. The Morgan fingerprint density at radius 2 is 1.52 bits per heavy atom. The fraction of sp³-hybridized carbons (Fsp3) is 0.320. The molecule has 2 amide bonds. The number of pyridine rings is 1. The lowest BCUT2D eigenvalue weighted by Gasteiger charge is -2.42. The highest BCUT2D eigenvalue weighted by Crippen LogP contribution is 2.33. The molecule has 2 aliphatic rings. The lowest BCUT2D eigenvalue weighted by molar-refractivity contribution is -0.161. The number of hydrogen-bond donors (Lipinski definition) is 1. The van der Waals surface area contributed by atoms with E-state index in [2.05, 4.69) is 23.2 Å². The average molecular weight is 415 g/mol. The second-order valence-electron chi connectivity index (χ2n) is 8.48. The van der Waals surface area contributed by atoms with E-state index in [-0.39, 0.29) is 11.8 Å². The van der Waals surface area contributed by atoms with E-state index in [0.29, 0.717) is 44.6 Å². The van der Waals surface area contributed by atoms with Crippen molar-refractivity contribution in [3.8, 4) is 11.1 Å². The summed E-state index contributed by atoms with van der Waals surface area (Å²) in [5.41, 5.74) is 1.63. The number of nitrogens with zero attached hydrogens (tertiary/aromatic N) is 3. The molecular formula is C25H25N3O3. The number of carbonyl (C=O) groups is 2. The largest absolute Gasteiger partial charge is 0.380 e. The van der Waals surface area contributed by atoms with Gasteiger partial charge in [0.15, 0.2) is 0 Å². The Labute approximate surface area is 181 Å². The highest BCUT2D eigenvalue weighted by molar-refractivity contribution is 5.95. The fourth-order valence-electron chi connectivity index (χ4n) is 4.38. The van der Waals surface area contributed by atoms with Crippen LogP contribution in [0.25, 0.3) is 21.9 Å². The molecule has 5 rings (SSSR count). The van der Waals surface area contributed by atoms with Crippen molar-refractivity contribution in [2.45, 2.75) is 24.9 Å². The number of piperazine rings is 1. The van der Waals surface area contributed by atoms with E-state index in [1.165, 1.54) is 0 Å². The molecule has 0 spiro atoms. The van der Waals surface area contributed by atoms with Crippen molar-refractivity contribution in [3.05, 3.63) is 66.5 Å². The van der Waals surface area contributed by atoms with Crippen LogP contribution >= 0.6 is 0 Å². The van der Waals surface area contributed by atoms with Gasteiger partial charge in [-0.25, -0.2) is 0 Å². The van der Waals surface area contributed by atoms with Crippen LogP contribution in [0, 0.1) is 0 Å². The minimum absolute atomic E-state index is 0.0226. The maximum Gasteiger partial charge on any atom is 0.254 e. The average Bonchev–Trinajstić information content (AvgIpc) is 2.81. The number of rotatable bonds is 3. The van der Waals surface area contributed by atoms with E-state index in [9.17, 15) is 14.7 Å². The number of aromatic nitrogens is 1. The Morgan fingerprint density at radius 3 is 2.19 bits per heavy atom. The molecule has 0 radical (unpaired) electrons. The van der Waals surface area contributed by atoms with Crippen LogP contribution in [-0.4, -0.2) is 63.5 Å². The van der Waals surface area contributed by atoms with Crippen molar-refractivity contribution in [2.75, 3.05) is 26.2 Å². The highest BCUT2D eigenvalue weighted by atomic mass is 16.3. The van der Waals surface area contributed by atoms with Gasteiger partial charge in [0, 0.05) is 49.5 Å². The molecule has 2 aromatic carbocycles. The van der Waals surface area contributed by atoms with Crippen LogP contribution in [0.1, 0.15) is 29.6 Å². The molecule has 0 unspecified atom stereocenters. The maximum atomic E-state index is 12.9. The molecule has 158 valence electrons. The zero-order chi connectivity index (χ0) is 21.4. The van der Waals surface area contributed by atoms with Gasteiger partial charge in [-0.3, -0.25) is 14.6 Å². The summed E-state index contributed by atoms with van der Waals surface area (Å²) in [4.78, 5) is 33.0. The van der Waals surface area contributed by atoms with Crippen LogP contribution in [0.5, 0.6) is 0 Å². The van der Waals surface area contributed by atoms with Crippen LogP contribution in [0.4, 0.5) is 0 Å². The van der Waals surface area contributed by atoms with Crippen molar-refractivity contribution >= 4 is 22.6 Å². The lowest BCUT2D eigenvalue weighted by atomic mass is 9.79. The Kier molecular flexibility index (Phi) is 4.94. The minimum atomic E-state index is -1.17. The number of benzene rings is 2. The van der Waals surface area contributed by atoms with Gasteiger partial charge >= 0.3 is 0 Å². The number of carbonyl (C=O) groups excluding carboxylic acids is 2. The van der Waals surface area contributed by atoms with Gasteiger partial charge in [0.25, 0.3) is 11.8 Å². The summed E-state index contributed by atoms with van der Waals surface area (Å²) in [5.74, 6) is -0.202. The van der Waals surface area contributed by atoms with Crippen molar-refractivity contribution in [3.63, 3.8) is 0 Å². The second kappa shape index (κ2) is 7.78. The molecule has 6 heteroatoms. The molecule has 1 saturated heterocycles. The quantitative estimate of drug-likeness (QED) is 0.713. The van der Waals surface area contributed by atoms with Crippen molar-refractivity contribution < 1.29 is 14.7 Å². The fourth-order valence-corrected chi connectivity index (χ4v) is 4.38. The van der Waals surface area contributed by atoms with Crippen LogP contribution in [0.15, 0.2) is 60.9 Å². The molecule has 1 N–H and O–H groups in total. The first-order valence-corrected chi connectivity index (χ1v) is 10.8. The molecule has 0 atom stereocenters. The smallest absolute Gasteiger partial charge is 0.254 e. The van der Waals surface area contributed by atoms with E-state index in [1.54, 1.807) is 16.0 Å². The maximum absolute atomic E-state index is 12.9. The van der Waals surface area contributed by atoms with Crippen molar-refractivity contribution in [1.29, 1.82) is 0 Å². The standard InChI is InChI=1S/C25H25N3O3/c29-23(27-12-14-28(15-13-27)24(30)25(31)9-1-10-25)19-4-2-18(3-5-19)20-6-7-22-17-26-11-8-21(22)16-20/h2-8,11,16-17,31H,1,9-10,12-15H2. The van der Waals surface area contributed by atoms with Crippen molar-refractivity contribution in [1.82, 2.24) is 14.8 Å². The SMILES string of the molecule is O=C(c1ccc(-c2ccc3cnccc3c2)cc1)N1CCN(C(=O)C2(O)CCC2)CC1. The van der Waals surface area contributed by atoms with Gasteiger partial charge in [0.1, 0.15) is 5.60 Å². The van der Waals surface area contributed by atoms with Gasteiger partial charge in [0.05, 0.1) is 0 Å². The molecule has 0 bridgehead atoms. The van der Waals surface area contributed by atoms with Crippen LogP contribution in [0.3, 0.4) is 0 Å². The molecule has 6 nitrogen and oxygen atoms in total. The lowest BCUT2D eigenvalue weighted by Crippen LogP contribution is -2.58. The van der Waals surface area contributed by atoms with Crippen LogP contribution < -0.4 is 0 Å². The van der Waals surface area contributed by atoms with E-state index >= 15 is 0 Å². The van der Waals surface area contributed by atoms with Gasteiger partial charge in [-0.15, -0.1) is 0 Å². The zero-order valence-corrected chi connectivity index (χ0v) is 17.3. The number of amides is 2. The van der Waals surface area contributed by atoms with Crippen LogP contribution in [-0.2, 0) is 4.79 Å². The summed E-state index contributed by atoms with van der Waals surface area (Å²) in [6.07, 6.45) is 5.62. The van der Waals surface area contributed by atoms with Gasteiger partial charge in [-0.05, 0) is 60.0 Å².